The SMILES string of the molecule is COc1ccc2c(ccn2Cc2cn3ccsc3n2)c1. The van der Waals surface area contributed by atoms with Gasteiger partial charge in [-0.05, 0) is 24.3 Å². The molecule has 0 saturated heterocycles. The Morgan fingerprint density at radius 1 is 1.25 bits per heavy atom. The van der Waals surface area contributed by atoms with E-state index in [0.717, 1.165) is 22.9 Å². The van der Waals surface area contributed by atoms with E-state index in [-0.39, 0.29) is 0 Å². The maximum atomic E-state index is 5.26. The number of hydrogen-bond acceptors (Lipinski definition) is 3. The van der Waals surface area contributed by atoms with Crippen LogP contribution >= 0.6 is 11.3 Å². The molecule has 5 heteroatoms. The van der Waals surface area contributed by atoms with Gasteiger partial charge in [0.25, 0.3) is 0 Å². The van der Waals surface area contributed by atoms with Crippen molar-refractivity contribution in [3.05, 3.63) is 53.9 Å². The van der Waals surface area contributed by atoms with Crippen LogP contribution in [0.4, 0.5) is 0 Å². The topological polar surface area (TPSA) is 31.5 Å². The standard InChI is InChI=1S/C15H13N3OS/c1-19-13-2-3-14-11(8-13)4-5-17(14)9-12-10-18-6-7-20-15(18)16-12/h2-8,10H,9H2,1H3. The van der Waals surface area contributed by atoms with Crippen molar-refractivity contribution in [1.29, 1.82) is 0 Å². The van der Waals surface area contributed by atoms with Gasteiger partial charge in [-0.3, -0.25) is 4.40 Å². The van der Waals surface area contributed by atoms with Gasteiger partial charge in [-0.2, -0.15) is 0 Å². The van der Waals surface area contributed by atoms with Crippen LogP contribution in [0.3, 0.4) is 0 Å². The number of hydrogen-bond donors (Lipinski definition) is 0. The molecule has 0 atom stereocenters. The molecule has 0 radical (unpaired) electrons. The van der Waals surface area contributed by atoms with Gasteiger partial charge >= 0.3 is 0 Å². The Bertz CT molecular complexity index is 858. The fraction of sp³-hybridized carbons (Fsp3) is 0.133. The quantitative estimate of drug-likeness (QED) is 0.577. The van der Waals surface area contributed by atoms with Crippen LogP contribution in [-0.2, 0) is 6.54 Å². The maximum absolute atomic E-state index is 5.26. The van der Waals surface area contributed by atoms with Gasteiger partial charge in [0.15, 0.2) is 4.96 Å². The molecule has 0 aliphatic rings. The summed E-state index contributed by atoms with van der Waals surface area (Å²) in [7, 11) is 1.69. The van der Waals surface area contributed by atoms with Gasteiger partial charge in [0.05, 0.1) is 19.3 Å². The lowest BCUT2D eigenvalue weighted by molar-refractivity contribution is 0.415. The number of fused-ring (bicyclic) bond motifs is 2. The van der Waals surface area contributed by atoms with Crippen molar-refractivity contribution in [3.8, 4) is 5.75 Å². The number of rotatable bonds is 3. The predicted octanol–water partition coefficient (Wildman–Crippen LogP) is 3.41. The molecule has 0 unspecified atom stereocenters. The molecule has 4 rings (SSSR count). The Morgan fingerprint density at radius 2 is 2.20 bits per heavy atom. The highest BCUT2D eigenvalue weighted by atomic mass is 32.1. The van der Waals surface area contributed by atoms with Crippen molar-refractivity contribution < 1.29 is 4.74 Å². The number of imidazole rings is 1. The number of aromatic nitrogens is 3. The van der Waals surface area contributed by atoms with E-state index < -0.39 is 0 Å². The maximum Gasteiger partial charge on any atom is 0.193 e. The van der Waals surface area contributed by atoms with Crippen LogP contribution in [-0.4, -0.2) is 21.1 Å². The van der Waals surface area contributed by atoms with Gasteiger partial charge in [-0.15, -0.1) is 11.3 Å². The predicted molar refractivity (Wildman–Crippen MR) is 80.7 cm³/mol. The highest BCUT2D eigenvalue weighted by Crippen LogP contribution is 2.22. The molecule has 100 valence electrons. The van der Waals surface area contributed by atoms with Crippen molar-refractivity contribution in [1.82, 2.24) is 14.0 Å². The molecule has 20 heavy (non-hydrogen) atoms. The van der Waals surface area contributed by atoms with Crippen molar-refractivity contribution in [2.24, 2.45) is 0 Å². The molecular weight excluding hydrogens is 270 g/mol. The lowest BCUT2D eigenvalue weighted by Gasteiger charge is -2.04. The highest BCUT2D eigenvalue weighted by Gasteiger charge is 2.06. The van der Waals surface area contributed by atoms with Crippen LogP contribution in [0.5, 0.6) is 5.75 Å². The van der Waals surface area contributed by atoms with E-state index in [1.54, 1.807) is 18.4 Å². The van der Waals surface area contributed by atoms with Crippen molar-refractivity contribution in [2.45, 2.75) is 6.54 Å². The average Bonchev–Trinajstić information content (AvgIpc) is 3.13. The highest BCUT2D eigenvalue weighted by molar-refractivity contribution is 7.15. The Balaban J connectivity index is 1.73. The van der Waals surface area contributed by atoms with Crippen LogP contribution in [0.25, 0.3) is 15.9 Å². The molecule has 3 aromatic heterocycles. The molecule has 4 nitrogen and oxygen atoms in total. The van der Waals surface area contributed by atoms with E-state index in [1.165, 1.54) is 10.9 Å². The van der Waals surface area contributed by atoms with E-state index in [9.17, 15) is 0 Å². The fourth-order valence-corrected chi connectivity index (χ4v) is 3.19. The summed E-state index contributed by atoms with van der Waals surface area (Å²) in [5.74, 6) is 0.887. The van der Waals surface area contributed by atoms with E-state index >= 15 is 0 Å². The van der Waals surface area contributed by atoms with Gasteiger partial charge in [0.1, 0.15) is 5.75 Å². The minimum atomic E-state index is 0.782. The zero-order valence-corrected chi connectivity index (χ0v) is 11.8. The van der Waals surface area contributed by atoms with Crippen LogP contribution in [0.15, 0.2) is 48.2 Å². The smallest absolute Gasteiger partial charge is 0.193 e. The van der Waals surface area contributed by atoms with E-state index in [0.29, 0.717) is 0 Å². The molecule has 0 aliphatic carbocycles. The van der Waals surface area contributed by atoms with Crippen LogP contribution in [0, 0.1) is 0 Å². The van der Waals surface area contributed by atoms with Gasteiger partial charge < -0.3 is 9.30 Å². The molecular formula is C15H13N3OS. The third kappa shape index (κ3) is 1.78. The fourth-order valence-electron chi connectivity index (χ4n) is 2.47. The molecule has 0 N–H and O–H groups in total. The Labute approximate surface area is 119 Å². The van der Waals surface area contributed by atoms with E-state index in [2.05, 4.69) is 44.5 Å². The lowest BCUT2D eigenvalue weighted by Crippen LogP contribution is -1.97. The minimum Gasteiger partial charge on any atom is -0.497 e. The van der Waals surface area contributed by atoms with Crippen molar-refractivity contribution >= 4 is 27.2 Å². The minimum absolute atomic E-state index is 0.782. The summed E-state index contributed by atoms with van der Waals surface area (Å²) in [5, 5.41) is 3.23. The molecule has 0 bridgehead atoms. The number of methoxy groups -OCH3 is 1. The third-order valence-electron chi connectivity index (χ3n) is 3.45. The summed E-state index contributed by atoms with van der Waals surface area (Å²) in [5.41, 5.74) is 2.27. The summed E-state index contributed by atoms with van der Waals surface area (Å²) in [6.45, 7) is 0.782. The van der Waals surface area contributed by atoms with Crippen LogP contribution in [0.1, 0.15) is 5.69 Å². The molecule has 0 fully saturated rings. The largest absolute Gasteiger partial charge is 0.497 e. The first kappa shape index (κ1) is 11.5. The second-order valence-corrected chi connectivity index (χ2v) is 5.57. The summed E-state index contributed by atoms with van der Waals surface area (Å²) >= 11 is 1.66. The Hall–Kier alpha value is -2.27. The zero-order valence-electron chi connectivity index (χ0n) is 11.0. The number of ether oxygens (including phenoxy) is 1. The molecule has 3 heterocycles. The Morgan fingerprint density at radius 3 is 3.05 bits per heavy atom. The summed E-state index contributed by atoms with van der Waals surface area (Å²) < 4.78 is 9.53. The van der Waals surface area contributed by atoms with Crippen LogP contribution in [0.2, 0.25) is 0 Å². The van der Waals surface area contributed by atoms with E-state index in [1.807, 2.05) is 17.6 Å². The average molecular weight is 283 g/mol. The van der Waals surface area contributed by atoms with Gasteiger partial charge in [-0.25, -0.2) is 4.98 Å². The van der Waals surface area contributed by atoms with Gasteiger partial charge in [0.2, 0.25) is 0 Å². The second-order valence-electron chi connectivity index (χ2n) is 4.69. The first-order valence-electron chi connectivity index (χ1n) is 6.37. The van der Waals surface area contributed by atoms with E-state index in [4.69, 9.17) is 4.74 Å². The monoisotopic (exact) mass is 283 g/mol. The number of nitrogens with zero attached hydrogens (tertiary/aromatic N) is 3. The summed E-state index contributed by atoms with van der Waals surface area (Å²) in [6.07, 6.45) is 6.22. The lowest BCUT2D eigenvalue weighted by atomic mass is 10.2. The van der Waals surface area contributed by atoms with Gasteiger partial charge in [0, 0.05) is 34.9 Å². The Kier molecular flexibility index (Phi) is 2.53. The van der Waals surface area contributed by atoms with Gasteiger partial charge in [-0.1, -0.05) is 0 Å². The first-order chi connectivity index (χ1) is 9.83. The van der Waals surface area contributed by atoms with Crippen molar-refractivity contribution in [3.63, 3.8) is 0 Å². The molecule has 0 spiro atoms. The molecule has 1 aromatic carbocycles. The van der Waals surface area contributed by atoms with Crippen molar-refractivity contribution in [2.75, 3.05) is 7.11 Å². The molecule has 0 aliphatic heterocycles. The summed E-state index contributed by atoms with van der Waals surface area (Å²) in [6, 6.07) is 8.24. The van der Waals surface area contributed by atoms with Crippen LogP contribution < -0.4 is 4.74 Å². The molecule has 0 saturated carbocycles. The molecule has 4 aromatic rings. The first-order valence-corrected chi connectivity index (χ1v) is 7.25. The number of thiazole rings is 1. The normalized spacial score (nSPS) is 11.4. The number of benzene rings is 1. The zero-order chi connectivity index (χ0) is 13.5. The summed E-state index contributed by atoms with van der Waals surface area (Å²) in [4.78, 5) is 5.66. The second kappa shape index (κ2) is 4.38. The molecule has 0 amide bonds. The third-order valence-corrected chi connectivity index (χ3v) is 4.22.